The fraction of sp³-hybridized carbons (Fsp3) is 0.393. The number of allylic oxidation sites excluding steroid dienone is 2. The highest BCUT2D eigenvalue weighted by atomic mass is 32.1. The second-order valence-electron chi connectivity index (χ2n) is 9.06. The van der Waals surface area contributed by atoms with Gasteiger partial charge in [-0.2, -0.15) is 5.10 Å². The monoisotopic (exact) mass is 552 g/mol. The molecule has 3 aromatic rings. The first kappa shape index (κ1) is 28.3. The molecule has 0 saturated heterocycles. The third kappa shape index (κ3) is 5.84. The lowest BCUT2D eigenvalue weighted by atomic mass is 9.95. The van der Waals surface area contributed by atoms with Crippen LogP contribution in [-0.4, -0.2) is 71.5 Å². The van der Waals surface area contributed by atoms with Crippen molar-refractivity contribution < 1.29 is 18.7 Å². The van der Waals surface area contributed by atoms with Gasteiger partial charge in [-0.25, -0.2) is 14.1 Å². The zero-order chi connectivity index (χ0) is 28.1. The number of amides is 2. The molecule has 0 spiro atoms. The third-order valence-electron chi connectivity index (χ3n) is 6.41. The van der Waals surface area contributed by atoms with Crippen LogP contribution in [0, 0.1) is 5.82 Å². The molecule has 0 bridgehead atoms. The lowest BCUT2D eigenvalue weighted by molar-refractivity contribution is -0.114. The molecule has 2 amide bonds. The standard InChI is InChI=1S/C28H33FN6O3S/c1-6-8-19(16-30-4)24-20-10-11-22-26(39-28(32-22)31-17(3)36)25(20)35(33-24)23-12-9-18(15-21(23)29)27(37)34(7-2)13-14-38-5/h8-9,12,15-16H,6-7,10-11,13-14H2,1-5H3,(H,31,32,36)/b19-8+,30-16?. The molecule has 0 aliphatic heterocycles. The van der Waals surface area contributed by atoms with Crippen molar-refractivity contribution in [1.82, 2.24) is 19.7 Å². The highest BCUT2D eigenvalue weighted by Gasteiger charge is 2.31. The van der Waals surface area contributed by atoms with Gasteiger partial charge in [-0.05, 0) is 44.4 Å². The number of hydrogen-bond donors (Lipinski definition) is 1. The number of carbonyl (C=O) groups is 2. The predicted molar refractivity (Wildman–Crippen MR) is 152 cm³/mol. The summed E-state index contributed by atoms with van der Waals surface area (Å²) < 4.78 is 22.5. The van der Waals surface area contributed by atoms with Crippen LogP contribution in [0.1, 0.15) is 54.5 Å². The number of fused-ring (bicyclic) bond motifs is 3. The van der Waals surface area contributed by atoms with E-state index in [1.54, 1.807) is 42.1 Å². The molecule has 0 fully saturated rings. The minimum atomic E-state index is -0.565. The van der Waals surface area contributed by atoms with Crippen molar-refractivity contribution in [2.75, 3.05) is 39.2 Å². The molecule has 0 saturated carbocycles. The summed E-state index contributed by atoms with van der Waals surface area (Å²) in [6.07, 6.45) is 5.91. The van der Waals surface area contributed by atoms with Crippen LogP contribution in [0.5, 0.6) is 0 Å². The van der Waals surface area contributed by atoms with E-state index in [4.69, 9.17) is 9.84 Å². The number of nitrogens with one attached hydrogen (secondary N) is 1. The van der Waals surface area contributed by atoms with Crippen molar-refractivity contribution in [3.8, 4) is 16.3 Å². The number of likely N-dealkylation sites (N-methyl/N-ethyl adjacent to an activating group) is 1. The Balaban J connectivity index is 1.86. The predicted octanol–water partition coefficient (Wildman–Crippen LogP) is 4.79. The van der Waals surface area contributed by atoms with Crippen LogP contribution in [0.15, 0.2) is 29.3 Å². The van der Waals surface area contributed by atoms with E-state index < -0.39 is 5.82 Å². The zero-order valence-corrected chi connectivity index (χ0v) is 23.7. The summed E-state index contributed by atoms with van der Waals surface area (Å²) in [5.74, 6) is -1.04. The number of methoxy groups -OCH3 is 1. The molecule has 0 radical (unpaired) electrons. The number of benzene rings is 1. The van der Waals surface area contributed by atoms with E-state index in [1.165, 1.54) is 24.3 Å². The third-order valence-corrected chi connectivity index (χ3v) is 7.43. The number of nitrogens with zero attached hydrogens (tertiary/aromatic N) is 5. The second kappa shape index (κ2) is 12.4. The molecule has 2 heterocycles. The number of aromatic nitrogens is 3. The Morgan fingerprint density at radius 3 is 2.74 bits per heavy atom. The summed E-state index contributed by atoms with van der Waals surface area (Å²) in [7, 11) is 3.28. The fourth-order valence-corrected chi connectivity index (χ4v) is 5.76. The minimum absolute atomic E-state index is 0.208. The van der Waals surface area contributed by atoms with Crippen molar-refractivity contribution in [3.63, 3.8) is 0 Å². The zero-order valence-electron chi connectivity index (χ0n) is 22.9. The number of halogens is 1. The molecule has 11 heteroatoms. The van der Waals surface area contributed by atoms with Crippen LogP contribution in [0.3, 0.4) is 0 Å². The van der Waals surface area contributed by atoms with E-state index >= 15 is 4.39 Å². The number of ether oxygens (including phenoxy) is 1. The SMILES string of the molecule is CC/C=C(\C=NC)c1nn(-c2ccc(C(=O)N(CC)CCOC)cc2F)c2c1CCc1nc(NC(C)=O)sc1-2. The Hall–Kier alpha value is -3.70. The Kier molecular flexibility index (Phi) is 9.03. The lowest BCUT2D eigenvalue weighted by Crippen LogP contribution is -2.33. The Morgan fingerprint density at radius 1 is 1.31 bits per heavy atom. The summed E-state index contributed by atoms with van der Waals surface area (Å²) in [6.45, 7) is 6.65. The molecule has 1 aliphatic rings. The molecule has 0 unspecified atom stereocenters. The van der Waals surface area contributed by atoms with Crippen LogP contribution in [0.2, 0.25) is 0 Å². The van der Waals surface area contributed by atoms with E-state index in [2.05, 4.69) is 15.3 Å². The van der Waals surface area contributed by atoms with Crippen molar-refractivity contribution in [2.24, 2.45) is 4.99 Å². The highest BCUT2D eigenvalue weighted by molar-refractivity contribution is 7.19. The maximum Gasteiger partial charge on any atom is 0.254 e. The van der Waals surface area contributed by atoms with Crippen LogP contribution in [-0.2, 0) is 22.4 Å². The van der Waals surface area contributed by atoms with Gasteiger partial charge in [0.15, 0.2) is 5.13 Å². The lowest BCUT2D eigenvalue weighted by Gasteiger charge is -2.21. The Morgan fingerprint density at radius 2 is 2.10 bits per heavy atom. The molecule has 2 aromatic heterocycles. The Bertz CT molecular complexity index is 1440. The van der Waals surface area contributed by atoms with Gasteiger partial charge < -0.3 is 15.0 Å². The van der Waals surface area contributed by atoms with E-state index in [0.717, 1.165) is 39.5 Å². The van der Waals surface area contributed by atoms with Gasteiger partial charge in [0.25, 0.3) is 5.91 Å². The number of rotatable bonds is 10. The summed E-state index contributed by atoms with van der Waals surface area (Å²) in [4.78, 5) is 36.0. The molecule has 4 rings (SSSR count). The molecule has 39 heavy (non-hydrogen) atoms. The first-order valence-electron chi connectivity index (χ1n) is 12.9. The van der Waals surface area contributed by atoms with E-state index in [9.17, 15) is 9.59 Å². The largest absolute Gasteiger partial charge is 0.383 e. The quantitative estimate of drug-likeness (QED) is 0.364. The van der Waals surface area contributed by atoms with Gasteiger partial charge in [0, 0.05) is 57.1 Å². The number of hydrogen-bond acceptors (Lipinski definition) is 7. The van der Waals surface area contributed by atoms with Gasteiger partial charge in [0.05, 0.1) is 28.6 Å². The van der Waals surface area contributed by atoms with Gasteiger partial charge in [0.1, 0.15) is 11.5 Å². The average molecular weight is 553 g/mol. The molecule has 0 atom stereocenters. The van der Waals surface area contributed by atoms with Crippen molar-refractivity contribution in [2.45, 2.75) is 40.0 Å². The van der Waals surface area contributed by atoms with E-state index in [1.807, 2.05) is 19.9 Å². The summed E-state index contributed by atoms with van der Waals surface area (Å²) in [5, 5.41) is 8.15. The molecule has 206 valence electrons. The molecule has 1 aromatic carbocycles. The summed E-state index contributed by atoms with van der Waals surface area (Å²) in [6, 6.07) is 4.47. The van der Waals surface area contributed by atoms with Crippen LogP contribution < -0.4 is 5.32 Å². The van der Waals surface area contributed by atoms with Crippen LogP contribution >= 0.6 is 11.3 Å². The average Bonchev–Trinajstić information content (AvgIpc) is 3.49. The van der Waals surface area contributed by atoms with Gasteiger partial charge in [-0.15, -0.1) is 0 Å². The molecular formula is C28H33FN6O3S. The van der Waals surface area contributed by atoms with Gasteiger partial charge in [0.2, 0.25) is 5.91 Å². The molecular weight excluding hydrogens is 519 g/mol. The fourth-order valence-electron chi connectivity index (χ4n) is 4.65. The number of thiazole rings is 1. The number of anilines is 1. The van der Waals surface area contributed by atoms with E-state index in [-0.39, 0.29) is 23.1 Å². The normalized spacial score (nSPS) is 12.9. The van der Waals surface area contributed by atoms with E-state index in [0.29, 0.717) is 37.7 Å². The first-order valence-corrected chi connectivity index (χ1v) is 13.7. The molecule has 1 N–H and O–H groups in total. The topological polar surface area (TPSA) is 102 Å². The number of carbonyl (C=O) groups excluding carboxylic acids is 2. The number of aliphatic imine (C=N–C) groups is 1. The number of aryl methyl sites for hydroxylation is 1. The van der Waals surface area contributed by atoms with Crippen molar-refractivity contribution >= 4 is 40.1 Å². The summed E-state index contributed by atoms with van der Waals surface area (Å²) in [5.41, 5.74) is 4.60. The van der Waals surface area contributed by atoms with Crippen LogP contribution in [0.4, 0.5) is 9.52 Å². The van der Waals surface area contributed by atoms with Gasteiger partial charge >= 0.3 is 0 Å². The molecule has 1 aliphatic carbocycles. The summed E-state index contributed by atoms with van der Waals surface area (Å²) >= 11 is 1.34. The highest BCUT2D eigenvalue weighted by Crippen LogP contribution is 2.43. The minimum Gasteiger partial charge on any atom is -0.383 e. The maximum atomic E-state index is 15.8. The van der Waals surface area contributed by atoms with Gasteiger partial charge in [-0.1, -0.05) is 24.3 Å². The van der Waals surface area contributed by atoms with Gasteiger partial charge in [-0.3, -0.25) is 14.6 Å². The first-order chi connectivity index (χ1) is 18.8. The van der Waals surface area contributed by atoms with Crippen LogP contribution in [0.25, 0.3) is 21.8 Å². The molecule has 9 nitrogen and oxygen atoms in total. The maximum absolute atomic E-state index is 15.8. The Labute approximate surface area is 231 Å². The van der Waals surface area contributed by atoms with Crippen molar-refractivity contribution in [3.05, 3.63) is 52.6 Å². The van der Waals surface area contributed by atoms with Crippen molar-refractivity contribution in [1.29, 1.82) is 0 Å². The second-order valence-corrected chi connectivity index (χ2v) is 10.1. The smallest absolute Gasteiger partial charge is 0.254 e.